The average Bonchev–Trinajstić information content (AvgIpc) is 3.09. The summed E-state index contributed by atoms with van der Waals surface area (Å²) >= 11 is 1.54. The lowest BCUT2D eigenvalue weighted by molar-refractivity contribution is 0.507. The van der Waals surface area contributed by atoms with Crippen LogP contribution >= 0.6 is 11.8 Å². The minimum absolute atomic E-state index is 0.00967. The summed E-state index contributed by atoms with van der Waals surface area (Å²) in [6.45, 7) is 4.06. The number of tetrazole rings is 1. The van der Waals surface area contributed by atoms with E-state index in [-0.39, 0.29) is 5.25 Å². The van der Waals surface area contributed by atoms with Crippen molar-refractivity contribution in [1.82, 2.24) is 30.4 Å². The molecule has 4 rings (SSSR count). The zero-order valence-electron chi connectivity index (χ0n) is 12.9. The van der Waals surface area contributed by atoms with Crippen LogP contribution in [0.3, 0.4) is 0 Å². The molecular formula is C15H16N6OS. The molecule has 1 atom stereocenters. The smallest absolute Gasteiger partial charge is 0.247 e. The summed E-state index contributed by atoms with van der Waals surface area (Å²) in [5.74, 6) is 1.12. The van der Waals surface area contributed by atoms with Crippen molar-refractivity contribution in [3.63, 3.8) is 0 Å². The second-order valence-corrected chi connectivity index (χ2v) is 7.02. The fourth-order valence-corrected chi connectivity index (χ4v) is 3.20. The van der Waals surface area contributed by atoms with E-state index in [1.165, 1.54) is 0 Å². The minimum Gasteiger partial charge on any atom is -0.419 e. The third-order valence-electron chi connectivity index (χ3n) is 3.69. The maximum Gasteiger partial charge on any atom is 0.247 e. The average molecular weight is 328 g/mol. The van der Waals surface area contributed by atoms with Crippen molar-refractivity contribution in [3.05, 3.63) is 35.7 Å². The van der Waals surface area contributed by atoms with Crippen LogP contribution in [0.15, 0.2) is 33.8 Å². The van der Waals surface area contributed by atoms with Gasteiger partial charge in [-0.3, -0.25) is 0 Å². The normalized spacial score (nSPS) is 15.7. The molecular weight excluding hydrogens is 312 g/mol. The van der Waals surface area contributed by atoms with Crippen molar-refractivity contribution >= 4 is 11.8 Å². The predicted molar refractivity (Wildman–Crippen MR) is 84.8 cm³/mol. The van der Waals surface area contributed by atoms with E-state index in [1.807, 2.05) is 42.8 Å². The monoisotopic (exact) mass is 328 g/mol. The number of thioether (sulfide) groups is 1. The lowest BCUT2D eigenvalue weighted by atomic mass is 10.1. The first-order chi connectivity index (χ1) is 11.2. The highest BCUT2D eigenvalue weighted by atomic mass is 32.2. The Hall–Kier alpha value is -2.22. The molecule has 0 radical (unpaired) electrons. The fraction of sp³-hybridized carbons (Fsp3) is 0.400. The van der Waals surface area contributed by atoms with Gasteiger partial charge in [0.25, 0.3) is 0 Å². The quantitative estimate of drug-likeness (QED) is 0.665. The summed E-state index contributed by atoms with van der Waals surface area (Å²) < 4.78 is 7.72. The van der Waals surface area contributed by atoms with Crippen molar-refractivity contribution in [2.24, 2.45) is 0 Å². The molecule has 1 fully saturated rings. The Bertz CT molecular complexity index is 825. The number of rotatable bonds is 5. The Kier molecular flexibility index (Phi) is 3.60. The Morgan fingerprint density at radius 1 is 1.26 bits per heavy atom. The number of aromatic nitrogens is 6. The van der Waals surface area contributed by atoms with Gasteiger partial charge in [-0.05, 0) is 49.2 Å². The van der Waals surface area contributed by atoms with Crippen molar-refractivity contribution in [1.29, 1.82) is 0 Å². The van der Waals surface area contributed by atoms with Crippen LogP contribution in [0.2, 0.25) is 0 Å². The fourth-order valence-electron chi connectivity index (χ4n) is 2.31. The SMILES string of the molecule is Cc1cccc(-c2nnc([C@@H](C)Sc3nnnn3C3CC3)o2)c1. The maximum atomic E-state index is 5.83. The molecule has 1 aliphatic rings. The largest absolute Gasteiger partial charge is 0.419 e. The number of aryl methyl sites for hydroxylation is 1. The summed E-state index contributed by atoms with van der Waals surface area (Å²) in [5.41, 5.74) is 2.09. The molecule has 2 heterocycles. The van der Waals surface area contributed by atoms with Crippen LogP contribution in [0, 0.1) is 6.92 Å². The molecule has 8 heteroatoms. The van der Waals surface area contributed by atoms with Gasteiger partial charge in [-0.2, -0.15) is 0 Å². The second kappa shape index (κ2) is 5.77. The van der Waals surface area contributed by atoms with Crippen LogP contribution in [0.4, 0.5) is 0 Å². The van der Waals surface area contributed by atoms with E-state index in [0.717, 1.165) is 29.1 Å². The van der Waals surface area contributed by atoms with Gasteiger partial charge in [0.2, 0.25) is 16.9 Å². The van der Waals surface area contributed by atoms with Crippen LogP contribution in [0.5, 0.6) is 0 Å². The van der Waals surface area contributed by atoms with E-state index in [0.29, 0.717) is 17.8 Å². The van der Waals surface area contributed by atoms with Gasteiger partial charge in [-0.25, -0.2) is 4.68 Å². The first-order valence-corrected chi connectivity index (χ1v) is 8.43. The minimum atomic E-state index is -0.00967. The van der Waals surface area contributed by atoms with Gasteiger partial charge >= 0.3 is 0 Å². The molecule has 1 aromatic carbocycles. The van der Waals surface area contributed by atoms with Crippen LogP contribution in [-0.4, -0.2) is 30.4 Å². The summed E-state index contributed by atoms with van der Waals surface area (Å²) in [6, 6.07) is 8.47. The van der Waals surface area contributed by atoms with Crippen LogP contribution in [-0.2, 0) is 0 Å². The van der Waals surface area contributed by atoms with Gasteiger partial charge in [-0.1, -0.05) is 29.5 Å². The molecule has 118 valence electrons. The van der Waals surface area contributed by atoms with Crippen LogP contribution in [0.1, 0.15) is 42.5 Å². The zero-order chi connectivity index (χ0) is 15.8. The second-order valence-electron chi connectivity index (χ2n) is 5.71. The first-order valence-electron chi connectivity index (χ1n) is 7.55. The molecule has 3 aromatic rings. The van der Waals surface area contributed by atoms with Gasteiger partial charge in [-0.15, -0.1) is 15.3 Å². The molecule has 0 bridgehead atoms. The van der Waals surface area contributed by atoms with E-state index in [4.69, 9.17) is 4.42 Å². The Labute approximate surface area is 137 Å². The summed E-state index contributed by atoms with van der Waals surface area (Å²) in [6.07, 6.45) is 2.29. The third kappa shape index (κ3) is 2.98. The highest BCUT2D eigenvalue weighted by Crippen LogP contribution is 2.40. The highest BCUT2D eigenvalue weighted by molar-refractivity contribution is 7.99. The number of benzene rings is 1. The predicted octanol–water partition coefficient (Wildman–Crippen LogP) is 3.22. The Morgan fingerprint density at radius 2 is 2.13 bits per heavy atom. The molecule has 23 heavy (non-hydrogen) atoms. The molecule has 1 saturated carbocycles. The van der Waals surface area contributed by atoms with Crippen molar-refractivity contribution < 1.29 is 4.42 Å². The molecule has 0 amide bonds. The topological polar surface area (TPSA) is 82.5 Å². The van der Waals surface area contributed by atoms with Crippen molar-refractivity contribution in [2.75, 3.05) is 0 Å². The molecule has 1 aliphatic carbocycles. The highest BCUT2D eigenvalue weighted by Gasteiger charge is 2.29. The van der Waals surface area contributed by atoms with E-state index in [9.17, 15) is 0 Å². The van der Waals surface area contributed by atoms with Gasteiger partial charge in [0, 0.05) is 5.56 Å². The van der Waals surface area contributed by atoms with Gasteiger partial charge in [0.15, 0.2) is 0 Å². The van der Waals surface area contributed by atoms with E-state index in [2.05, 4.69) is 25.7 Å². The molecule has 0 spiro atoms. The van der Waals surface area contributed by atoms with E-state index in [1.54, 1.807) is 11.8 Å². The Balaban J connectivity index is 1.53. The van der Waals surface area contributed by atoms with Crippen LogP contribution in [0.25, 0.3) is 11.5 Å². The summed E-state index contributed by atoms with van der Waals surface area (Å²) in [4.78, 5) is 0. The molecule has 0 saturated heterocycles. The third-order valence-corrected chi connectivity index (χ3v) is 4.73. The number of hydrogen-bond donors (Lipinski definition) is 0. The van der Waals surface area contributed by atoms with Crippen molar-refractivity contribution in [2.45, 2.75) is 43.1 Å². The van der Waals surface area contributed by atoms with Gasteiger partial charge < -0.3 is 4.42 Å². The van der Waals surface area contributed by atoms with Crippen LogP contribution < -0.4 is 0 Å². The molecule has 0 aliphatic heterocycles. The zero-order valence-corrected chi connectivity index (χ0v) is 13.7. The Morgan fingerprint density at radius 3 is 2.91 bits per heavy atom. The molecule has 0 unspecified atom stereocenters. The standard InChI is InChI=1S/C15H16N6OS/c1-9-4-3-5-11(8-9)14-17-16-13(22-14)10(2)23-15-18-19-20-21(15)12-6-7-12/h3-5,8,10,12H,6-7H2,1-2H3/t10-/m1/s1. The summed E-state index contributed by atoms with van der Waals surface area (Å²) in [7, 11) is 0. The lowest BCUT2D eigenvalue weighted by Gasteiger charge is -2.06. The lowest BCUT2D eigenvalue weighted by Crippen LogP contribution is -2.00. The number of hydrogen-bond acceptors (Lipinski definition) is 7. The van der Waals surface area contributed by atoms with Gasteiger partial charge in [0.1, 0.15) is 0 Å². The molecule has 7 nitrogen and oxygen atoms in total. The van der Waals surface area contributed by atoms with Gasteiger partial charge in [0.05, 0.1) is 11.3 Å². The summed E-state index contributed by atoms with van der Waals surface area (Å²) in [5, 5.41) is 21.0. The molecule has 2 aromatic heterocycles. The number of nitrogens with zero attached hydrogens (tertiary/aromatic N) is 6. The van der Waals surface area contributed by atoms with Crippen molar-refractivity contribution in [3.8, 4) is 11.5 Å². The first kappa shape index (κ1) is 14.4. The molecule has 0 N–H and O–H groups in total. The maximum absolute atomic E-state index is 5.83. The van der Waals surface area contributed by atoms with E-state index >= 15 is 0 Å². The van der Waals surface area contributed by atoms with E-state index < -0.39 is 0 Å².